The van der Waals surface area contributed by atoms with Crippen LogP contribution < -0.4 is 15.4 Å². The Labute approximate surface area is 182 Å². The molecule has 32 heavy (non-hydrogen) atoms. The van der Waals surface area contributed by atoms with Crippen LogP contribution in [0.15, 0.2) is 60.8 Å². The van der Waals surface area contributed by atoms with E-state index in [9.17, 15) is 26.4 Å². The van der Waals surface area contributed by atoms with Gasteiger partial charge in [-0.25, -0.2) is 13.4 Å². The summed E-state index contributed by atoms with van der Waals surface area (Å²) in [6.07, 6.45) is -2.10. The molecule has 7 nitrogen and oxygen atoms in total. The first-order chi connectivity index (χ1) is 14.9. The van der Waals surface area contributed by atoms with Gasteiger partial charge in [-0.2, -0.15) is 13.2 Å². The number of alkyl halides is 3. The highest BCUT2D eigenvalue weighted by atomic mass is 32.2. The van der Waals surface area contributed by atoms with Crippen LogP contribution in [0.3, 0.4) is 0 Å². The highest BCUT2D eigenvalue weighted by Crippen LogP contribution is 2.31. The Hall–Kier alpha value is -3.60. The van der Waals surface area contributed by atoms with Crippen molar-refractivity contribution in [2.24, 2.45) is 0 Å². The Morgan fingerprint density at radius 3 is 2.44 bits per heavy atom. The number of aryl methyl sites for hydroxylation is 1. The molecule has 3 N–H and O–H groups in total. The number of hydrogen-bond donors (Lipinski definition) is 3. The summed E-state index contributed by atoms with van der Waals surface area (Å²) in [7, 11) is -3.52. The summed E-state index contributed by atoms with van der Waals surface area (Å²) in [5.41, 5.74) is 0.641. The molecule has 0 aliphatic heterocycles. The van der Waals surface area contributed by atoms with E-state index < -0.39 is 27.7 Å². The van der Waals surface area contributed by atoms with Gasteiger partial charge in [0.25, 0.3) is 5.91 Å². The smallest absolute Gasteiger partial charge is 0.340 e. The van der Waals surface area contributed by atoms with Crippen molar-refractivity contribution in [3.63, 3.8) is 0 Å². The van der Waals surface area contributed by atoms with Gasteiger partial charge in [-0.1, -0.05) is 12.1 Å². The van der Waals surface area contributed by atoms with Crippen LogP contribution in [0.5, 0.6) is 0 Å². The van der Waals surface area contributed by atoms with E-state index in [1.807, 2.05) is 0 Å². The van der Waals surface area contributed by atoms with Gasteiger partial charge in [0.05, 0.1) is 23.1 Å². The van der Waals surface area contributed by atoms with Gasteiger partial charge < -0.3 is 10.6 Å². The summed E-state index contributed by atoms with van der Waals surface area (Å²) in [5.74, 6) is -0.521. The van der Waals surface area contributed by atoms with Crippen molar-refractivity contribution < 1.29 is 26.4 Å². The fourth-order valence-corrected chi connectivity index (χ4v) is 3.43. The first-order valence-corrected chi connectivity index (χ1v) is 11.1. The van der Waals surface area contributed by atoms with Crippen molar-refractivity contribution in [2.45, 2.75) is 13.1 Å². The Morgan fingerprint density at radius 2 is 1.75 bits per heavy atom. The van der Waals surface area contributed by atoms with Crippen LogP contribution in [0.1, 0.15) is 21.5 Å². The minimum atomic E-state index is -4.51. The third kappa shape index (κ3) is 5.97. The standard InChI is InChI=1S/C21H19F3N4O3S/c1-13-8-9-16(12-18(13)28-32(2,30)31)27-20(29)17-7-4-10-25-19(17)26-15-6-3-5-14(11-15)21(22,23)24/h3-12,28H,1-2H3,(H,25,26)(H,27,29). The molecule has 0 aliphatic rings. The minimum Gasteiger partial charge on any atom is -0.340 e. The normalized spacial score (nSPS) is 11.7. The maximum absolute atomic E-state index is 13.0. The zero-order valence-corrected chi connectivity index (χ0v) is 17.8. The summed E-state index contributed by atoms with van der Waals surface area (Å²) in [5, 5.41) is 5.38. The van der Waals surface area contributed by atoms with E-state index in [4.69, 9.17) is 0 Å². The molecule has 0 radical (unpaired) electrons. The topological polar surface area (TPSA) is 100 Å². The lowest BCUT2D eigenvalue weighted by molar-refractivity contribution is -0.137. The lowest BCUT2D eigenvalue weighted by Gasteiger charge is -2.14. The molecule has 0 unspecified atom stereocenters. The number of anilines is 4. The van der Waals surface area contributed by atoms with Crippen LogP contribution in [0, 0.1) is 6.92 Å². The fraction of sp³-hybridized carbons (Fsp3) is 0.143. The summed E-state index contributed by atoms with van der Waals surface area (Å²) in [6.45, 7) is 1.71. The Morgan fingerprint density at radius 1 is 1.00 bits per heavy atom. The number of amides is 1. The fourth-order valence-electron chi connectivity index (χ4n) is 2.81. The second-order valence-corrected chi connectivity index (χ2v) is 8.71. The highest BCUT2D eigenvalue weighted by molar-refractivity contribution is 7.92. The number of benzene rings is 2. The lowest BCUT2D eigenvalue weighted by Crippen LogP contribution is -2.16. The first kappa shape index (κ1) is 23.1. The average Bonchev–Trinajstić information content (AvgIpc) is 2.69. The molecule has 3 aromatic rings. The highest BCUT2D eigenvalue weighted by Gasteiger charge is 2.30. The molecular formula is C21H19F3N4O3S. The second-order valence-electron chi connectivity index (χ2n) is 6.96. The van der Waals surface area contributed by atoms with Crippen LogP contribution >= 0.6 is 0 Å². The van der Waals surface area contributed by atoms with Crippen LogP contribution in [-0.2, 0) is 16.2 Å². The Kier molecular flexibility index (Phi) is 6.40. The molecule has 0 bridgehead atoms. The number of nitrogens with zero attached hydrogens (tertiary/aromatic N) is 1. The third-order valence-electron chi connectivity index (χ3n) is 4.30. The van der Waals surface area contributed by atoms with Crippen molar-refractivity contribution in [2.75, 3.05) is 21.6 Å². The van der Waals surface area contributed by atoms with E-state index in [1.54, 1.807) is 19.1 Å². The molecule has 0 spiro atoms. The quantitative estimate of drug-likeness (QED) is 0.488. The molecule has 0 saturated carbocycles. The van der Waals surface area contributed by atoms with E-state index in [2.05, 4.69) is 20.3 Å². The van der Waals surface area contributed by atoms with Gasteiger partial charge in [0.15, 0.2) is 0 Å². The Balaban J connectivity index is 1.85. The van der Waals surface area contributed by atoms with Crippen LogP contribution in [-0.4, -0.2) is 25.6 Å². The maximum Gasteiger partial charge on any atom is 0.416 e. The second kappa shape index (κ2) is 8.87. The monoisotopic (exact) mass is 464 g/mol. The molecule has 11 heteroatoms. The number of carbonyl (C=O) groups is 1. The zero-order valence-electron chi connectivity index (χ0n) is 17.0. The van der Waals surface area contributed by atoms with Crippen LogP contribution in [0.25, 0.3) is 0 Å². The van der Waals surface area contributed by atoms with Crippen LogP contribution in [0.2, 0.25) is 0 Å². The number of aromatic nitrogens is 1. The SMILES string of the molecule is Cc1ccc(NC(=O)c2cccnc2Nc2cccc(C(F)(F)F)c2)cc1NS(C)(=O)=O. The van der Waals surface area contributed by atoms with E-state index in [0.29, 0.717) is 16.9 Å². The zero-order chi connectivity index (χ0) is 23.5. The molecule has 0 atom stereocenters. The number of nitrogens with one attached hydrogen (secondary N) is 3. The van der Waals surface area contributed by atoms with E-state index >= 15 is 0 Å². The van der Waals surface area contributed by atoms with Crippen molar-refractivity contribution in [3.05, 3.63) is 77.5 Å². The summed E-state index contributed by atoms with van der Waals surface area (Å²) < 4.78 is 64.3. The van der Waals surface area contributed by atoms with Crippen molar-refractivity contribution >= 4 is 38.8 Å². The molecule has 2 aromatic carbocycles. The molecule has 1 amide bonds. The molecule has 0 saturated heterocycles. The molecule has 0 aliphatic carbocycles. The van der Waals surface area contributed by atoms with E-state index in [0.717, 1.165) is 18.4 Å². The third-order valence-corrected chi connectivity index (χ3v) is 4.89. The molecular weight excluding hydrogens is 445 g/mol. The minimum absolute atomic E-state index is 0.0610. The summed E-state index contributed by atoms with van der Waals surface area (Å²) >= 11 is 0. The largest absolute Gasteiger partial charge is 0.416 e. The predicted octanol–water partition coefficient (Wildman–Crippen LogP) is 4.78. The summed E-state index contributed by atoms with van der Waals surface area (Å²) in [4.78, 5) is 16.9. The van der Waals surface area contributed by atoms with Gasteiger partial charge in [-0.05, 0) is 55.0 Å². The molecule has 3 rings (SSSR count). The Bertz CT molecular complexity index is 1260. The van der Waals surface area contributed by atoms with Crippen LogP contribution in [0.4, 0.5) is 36.1 Å². The van der Waals surface area contributed by atoms with Gasteiger partial charge in [0.2, 0.25) is 10.0 Å². The molecule has 1 heterocycles. The van der Waals surface area contributed by atoms with Crippen molar-refractivity contribution in [1.29, 1.82) is 0 Å². The van der Waals surface area contributed by atoms with Crippen molar-refractivity contribution in [3.8, 4) is 0 Å². The van der Waals surface area contributed by atoms with Gasteiger partial charge in [-0.3, -0.25) is 9.52 Å². The number of pyridine rings is 1. The maximum atomic E-state index is 13.0. The number of carbonyl (C=O) groups excluding carboxylic acids is 1. The number of sulfonamides is 1. The average molecular weight is 464 g/mol. The lowest BCUT2D eigenvalue weighted by atomic mass is 10.1. The van der Waals surface area contributed by atoms with Gasteiger partial charge in [0.1, 0.15) is 5.82 Å². The predicted molar refractivity (Wildman–Crippen MR) is 117 cm³/mol. The molecule has 0 fully saturated rings. The van der Waals surface area contributed by atoms with E-state index in [-0.39, 0.29) is 17.1 Å². The van der Waals surface area contributed by atoms with Gasteiger partial charge in [-0.15, -0.1) is 0 Å². The number of hydrogen-bond acceptors (Lipinski definition) is 5. The van der Waals surface area contributed by atoms with Gasteiger partial charge >= 0.3 is 6.18 Å². The van der Waals surface area contributed by atoms with Crippen molar-refractivity contribution in [1.82, 2.24) is 4.98 Å². The molecule has 1 aromatic heterocycles. The number of halogens is 3. The molecule has 168 valence electrons. The van der Waals surface area contributed by atoms with E-state index in [1.165, 1.54) is 36.5 Å². The summed E-state index contributed by atoms with van der Waals surface area (Å²) in [6, 6.07) is 12.2. The first-order valence-electron chi connectivity index (χ1n) is 9.21. The number of rotatable bonds is 6. The van der Waals surface area contributed by atoms with Gasteiger partial charge in [0, 0.05) is 17.6 Å².